The fraction of sp³-hybridized carbons (Fsp3) is 0.333. The first-order valence-corrected chi connectivity index (χ1v) is 5.93. The second-order valence-corrected chi connectivity index (χ2v) is 3.98. The van der Waals surface area contributed by atoms with Gasteiger partial charge < -0.3 is 9.73 Å². The molecule has 0 aliphatic carbocycles. The van der Waals surface area contributed by atoms with E-state index in [0.29, 0.717) is 17.9 Å². The lowest BCUT2D eigenvalue weighted by Crippen LogP contribution is -2.08. The molecule has 0 saturated heterocycles. The largest absolute Gasteiger partial charge is 0.420 e. The maximum atomic E-state index is 10.9. The van der Waals surface area contributed by atoms with E-state index in [9.17, 15) is 10.1 Å². The van der Waals surface area contributed by atoms with E-state index >= 15 is 0 Å². The molecule has 7 heteroatoms. The third kappa shape index (κ3) is 3.14. The lowest BCUT2D eigenvalue weighted by molar-refractivity contribution is -0.384. The van der Waals surface area contributed by atoms with Gasteiger partial charge in [0.2, 0.25) is 5.89 Å². The van der Waals surface area contributed by atoms with Crippen molar-refractivity contribution < 1.29 is 9.34 Å². The molecule has 2 aromatic rings. The highest BCUT2D eigenvalue weighted by molar-refractivity contribution is 5.66. The van der Waals surface area contributed by atoms with Crippen molar-refractivity contribution in [2.75, 3.05) is 13.6 Å². The van der Waals surface area contributed by atoms with Crippen LogP contribution < -0.4 is 5.32 Å². The summed E-state index contributed by atoms with van der Waals surface area (Å²) in [6.45, 7) is 0.850. The molecule has 7 nitrogen and oxygen atoms in total. The van der Waals surface area contributed by atoms with Crippen molar-refractivity contribution in [3.8, 4) is 11.5 Å². The molecule has 0 saturated carbocycles. The van der Waals surface area contributed by atoms with Crippen LogP contribution in [0.4, 0.5) is 5.69 Å². The quantitative estimate of drug-likeness (QED) is 0.484. The molecule has 19 heavy (non-hydrogen) atoms. The topological polar surface area (TPSA) is 94.1 Å². The fourth-order valence-corrected chi connectivity index (χ4v) is 1.69. The Bertz CT molecular complexity index is 568. The first-order valence-electron chi connectivity index (χ1n) is 5.93. The summed E-state index contributed by atoms with van der Waals surface area (Å²) < 4.78 is 5.45. The number of hydrogen-bond donors (Lipinski definition) is 1. The van der Waals surface area contributed by atoms with Gasteiger partial charge in [0, 0.05) is 12.5 Å². The summed E-state index contributed by atoms with van der Waals surface area (Å²) in [7, 11) is 1.87. The van der Waals surface area contributed by atoms with Crippen LogP contribution in [0.3, 0.4) is 0 Å². The number of para-hydroxylation sites is 1. The van der Waals surface area contributed by atoms with E-state index in [1.165, 1.54) is 6.07 Å². The molecule has 100 valence electrons. The van der Waals surface area contributed by atoms with E-state index in [-0.39, 0.29) is 11.6 Å². The van der Waals surface area contributed by atoms with Gasteiger partial charge in [-0.15, -0.1) is 10.2 Å². The van der Waals surface area contributed by atoms with Crippen molar-refractivity contribution in [2.24, 2.45) is 0 Å². The van der Waals surface area contributed by atoms with E-state index in [0.717, 1.165) is 13.0 Å². The molecule has 0 unspecified atom stereocenters. The molecular weight excluding hydrogens is 248 g/mol. The molecule has 1 heterocycles. The van der Waals surface area contributed by atoms with Gasteiger partial charge in [-0.05, 0) is 26.1 Å². The summed E-state index contributed by atoms with van der Waals surface area (Å²) in [5.74, 6) is 0.676. The Hall–Kier alpha value is -2.28. The predicted octanol–water partition coefficient (Wildman–Crippen LogP) is 1.80. The Morgan fingerprint density at radius 3 is 2.89 bits per heavy atom. The van der Waals surface area contributed by atoms with E-state index < -0.39 is 4.92 Å². The van der Waals surface area contributed by atoms with Crippen molar-refractivity contribution in [1.29, 1.82) is 0 Å². The molecular formula is C12H14N4O3. The Morgan fingerprint density at radius 1 is 1.37 bits per heavy atom. The highest BCUT2D eigenvalue weighted by atomic mass is 16.6. The summed E-state index contributed by atoms with van der Waals surface area (Å²) in [5, 5.41) is 21.7. The summed E-state index contributed by atoms with van der Waals surface area (Å²) in [5.41, 5.74) is 0.313. The summed E-state index contributed by atoms with van der Waals surface area (Å²) in [6.07, 6.45) is 1.52. The van der Waals surface area contributed by atoms with Crippen LogP contribution in [0.5, 0.6) is 0 Å². The number of nitro benzene ring substituents is 1. The third-order valence-corrected chi connectivity index (χ3v) is 2.62. The highest BCUT2D eigenvalue weighted by Crippen LogP contribution is 2.28. The summed E-state index contributed by atoms with van der Waals surface area (Å²) in [4.78, 5) is 10.5. The normalized spacial score (nSPS) is 10.6. The summed E-state index contributed by atoms with van der Waals surface area (Å²) in [6, 6.07) is 6.32. The van der Waals surface area contributed by atoms with Gasteiger partial charge in [0.05, 0.1) is 4.92 Å². The molecule has 1 aromatic heterocycles. The number of nitro groups is 1. The molecule has 0 spiro atoms. The van der Waals surface area contributed by atoms with Crippen molar-refractivity contribution >= 4 is 5.69 Å². The Kier molecular flexibility index (Phi) is 4.19. The van der Waals surface area contributed by atoms with Gasteiger partial charge in [-0.25, -0.2) is 0 Å². The molecule has 0 atom stereocenters. The van der Waals surface area contributed by atoms with Crippen LogP contribution in [0.15, 0.2) is 28.7 Å². The van der Waals surface area contributed by atoms with Crippen LogP contribution in [0.1, 0.15) is 12.3 Å². The second kappa shape index (κ2) is 6.05. The molecule has 1 N–H and O–H groups in total. The maximum absolute atomic E-state index is 10.9. The highest BCUT2D eigenvalue weighted by Gasteiger charge is 2.19. The minimum Gasteiger partial charge on any atom is -0.420 e. The smallest absolute Gasteiger partial charge is 0.282 e. The minimum atomic E-state index is -0.458. The zero-order chi connectivity index (χ0) is 13.7. The van der Waals surface area contributed by atoms with Crippen molar-refractivity contribution in [3.63, 3.8) is 0 Å². The van der Waals surface area contributed by atoms with Crippen LogP contribution in [0.2, 0.25) is 0 Å². The number of rotatable bonds is 6. The number of benzene rings is 1. The van der Waals surface area contributed by atoms with Gasteiger partial charge in [0.25, 0.3) is 11.6 Å². The number of nitrogens with one attached hydrogen (secondary N) is 1. The van der Waals surface area contributed by atoms with Gasteiger partial charge in [-0.3, -0.25) is 10.1 Å². The zero-order valence-corrected chi connectivity index (χ0v) is 10.5. The average molecular weight is 262 g/mol. The third-order valence-electron chi connectivity index (χ3n) is 2.62. The Balaban J connectivity index is 2.21. The van der Waals surface area contributed by atoms with Gasteiger partial charge in [0.15, 0.2) is 0 Å². The standard InChI is InChI=1S/C12H14N4O3/c1-13-8-4-7-11-14-15-12(19-11)9-5-2-3-6-10(9)16(17)18/h2-3,5-6,13H,4,7-8H2,1H3. The Labute approximate surface area is 109 Å². The first-order chi connectivity index (χ1) is 9.22. The Morgan fingerprint density at radius 2 is 2.16 bits per heavy atom. The van der Waals surface area contributed by atoms with Gasteiger partial charge in [-0.2, -0.15) is 0 Å². The van der Waals surface area contributed by atoms with E-state index in [4.69, 9.17) is 4.42 Å². The molecule has 0 amide bonds. The van der Waals surface area contributed by atoms with Crippen molar-refractivity contribution in [3.05, 3.63) is 40.3 Å². The van der Waals surface area contributed by atoms with Crippen LogP contribution in [-0.4, -0.2) is 28.7 Å². The van der Waals surface area contributed by atoms with Gasteiger partial charge in [-0.1, -0.05) is 12.1 Å². The molecule has 0 bridgehead atoms. The van der Waals surface area contributed by atoms with E-state index in [2.05, 4.69) is 15.5 Å². The van der Waals surface area contributed by atoms with E-state index in [1.807, 2.05) is 7.05 Å². The molecule has 0 aliphatic rings. The van der Waals surface area contributed by atoms with Crippen molar-refractivity contribution in [2.45, 2.75) is 12.8 Å². The monoisotopic (exact) mass is 262 g/mol. The van der Waals surface area contributed by atoms with Gasteiger partial charge in [0.1, 0.15) is 5.56 Å². The maximum Gasteiger partial charge on any atom is 0.282 e. The van der Waals surface area contributed by atoms with Gasteiger partial charge >= 0.3 is 0 Å². The van der Waals surface area contributed by atoms with Crippen LogP contribution in [-0.2, 0) is 6.42 Å². The molecule has 0 aliphatic heterocycles. The summed E-state index contributed by atoms with van der Waals surface area (Å²) >= 11 is 0. The molecule has 1 aromatic carbocycles. The van der Waals surface area contributed by atoms with Crippen LogP contribution in [0, 0.1) is 10.1 Å². The number of hydrogen-bond acceptors (Lipinski definition) is 6. The van der Waals surface area contributed by atoms with E-state index in [1.54, 1.807) is 18.2 Å². The zero-order valence-electron chi connectivity index (χ0n) is 10.5. The molecule has 0 radical (unpaired) electrons. The lowest BCUT2D eigenvalue weighted by Gasteiger charge is -1.97. The first kappa shape index (κ1) is 13.2. The SMILES string of the molecule is CNCCCc1nnc(-c2ccccc2[N+](=O)[O-])o1. The number of nitrogens with zero attached hydrogens (tertiary/aromatic N) is 3. The average Bonchev–Trinajstić information content (AvgIpc) is 2.88. The fourth-order valence-electron chi connectivity index (χ4n) is 1.69. The molecule has 0 fully saturated rings. The lowest BCUT2D eigenvalue weighted by atomic mass is 10.2. The second-order valence-electron chi connectivity index (χ2n) is 3.98. The predicted molar refractivity (Wildman–Crippen MR) is 68.6 cm³/mol. The number of aryl methyl sites for hydroxylation is 1. The van der Waals surface area contributed by atoms with Crippen LogP contribution in [0.25, 0.3) is 11.5 Å². The molecule has 2 rings (SSSR count). The minimum absolute atomic E-state index is 0.0343. The van der Waals surface area contributed by atoms with Crippen molar-refractivity contribution in [1.82, 2.24) is 15.5 Å². The van der Waals surface area contributed by atoms with Crippen LogP contribution >= 0.6 is 0 Å². The number of aromatic nitrogens is 2.